The van der Waals surface area contributed by atoms with Crippen LogP contribution in [0.15, 0.2) is 24.4 Å². The van der Waals surface area contributed by atoms with Crippen molar-refractivity contribution in [1.29, 1.82) is 0 Å². The van der Waals surface area contributed by atoms with E-state index in [0.717, 1.165) is 50.0 Å². The van der Waals surface area contributed by atoms with Crippen LogP contribution in [0.5, 0.6) is 0 Å². The molecular weight excluding hydrogens is 316 g/mol. The lowest BCUT2D eigenvalue weighted by atomic mass is 9.96. The first-order chi connectivity index (χ1) is 12.1. The highest BCUT2D eigenvalue weighted by Gasteiger charge is 2.32. The molecule has 0 aromatic carbocycles. The number of hydrogen-bond donors (Lipinski definition) is 1. The van der Waals surface area contributed by atoms with Crippen molar-refractivity contribution in [3.05, 3.63) is 47.0 Å². The highest BCUT2D eigenvalue weighted by molar-refractivity contribution is 6.08. The number of carboxylic acid groups (broad SMARTS) is 1. The summed E-state index contributed by atoms with van der Waals surface area (Å²) in [5.41, 5.74) is 3.17. The van der Waals surface area contributed by atoms with Crippen LogP contribution in [0.3, 0.4) is 0 Å². The van der Waals surface area contributed by atoms with E-state index in [1.54, 1.807) is 0 Å². The molecule has 134 valence electrons. The van der Waals surface area contributed by atoms with Crippen LogP contribution in [-0.4, -0.2) is 26.0 Å². The number of rotatable bonds is 7. The summed E-state index contributed by atoms with van der Waals surface area (Å²) in [6, 6.07) is 5.72. The van der Waals surface area contributed by atoms with Gasteiger partial charge in [0, 0.05) is 25.0 Å². The average Bonchev–Trinajstić information content (AvgIpc) is 3.22. The van der Waals surface area contributed by atoms with E-state index in [0.29, 0.717) is 17.8 Å². The van der Waals surface area contributed by atoms with E-state index >= 15 is 0 Å². The number of aromatic nitrogens is 2. The molecule has 0 radical (unpaired) electrons. The number of carbonyl (C=O) groups excluding carboxylic acids is 1. The van der Waals surface area contributed by atoms with E-state index in [1.807, 2.05) is 40.5 Å². The monoisotopic (exact) mass is 342 g/mol. The molecule has 0 aliphatic carbocycles. The number of unbranched alkanes of at least 4 members (excludes halogenated alkanes) is 1. The van der Waals surface area contributed by atoms with Crippen molar-refractivity contribution in [2.24, 2.45) is 0 Å². The third kappa shape index (κ3) is 3.15. The molecule has 0 fully saturated rings. The van der Waals surface area contributed by atoms with Gasteiger partial charge in [0.2, 0.25) is 5.78 Å². The summed E-state index contributed by atoms with van der Waals surface area (Å²) in [7, 11) is 0. The number of carbonyl (C=O) groups is 2. The number of nitrogens with zero attached hydrogens (tertiary/aromatic N) is 2. The first-order valence-electron chi connectivity index (χ1n) is 9.23. The van der Waals surface area contributed by atoms with Crippen LogP contribution in [0.1, 0.15) is 72.9 Å². The summed E-state index contributed by atoms with van der Waals surface area (Å²) in [6.07, 6.45) is 6.21. The maximum absolute atomic E-state index is 13.3. The standard InChI is InChI=1S/C20H26N2O3/c1-3-5-8-14-13-17-15(20(24)25)9-6-12-22(17)18(14)19(23)16-10-7-11-21(16)4-2/h7,10-11,13,15H,3-6,8-9,12H2,1-2H3,(H,24,25). The second-order valence-corrected chi connectivity index (χ2v) is 6.74. The minimum Gasteiger partial charge on any atom is -0.481 e. The van der Waals surface area contributed by atoms with Gasteiger partial charge in [0.15, 0.2) is 0 Å². The van der Waals surface area contributed by atoms with Gasteiger partial charge in [-0.2, -0.15) is 0 Å². The van der Waals surface area contributed by atoms with Gasteiger partial charge in [-0.15, -0.1) is 0 Å². The fraction of sp³-hybridized carbons (Fsp3) is 0.500. The maximum Gasteiger partial charge on any atom is 0.312 e. The fourth-order valence-electron chi connectivity index (χ4n) is 3.85. The Labute approximate surface area is 148 Å². The number of fused-ring (bicyclic) bond motifs is 1. The van der Waals surface area contributed by atoms with Gasteiger partial charge in [0.25, 0.3) is 0 Å². The molecule has 0 spiro atoms. The summed E-state index contributed by atoms with van der Waals surface area (Å²) >= 11 is 0. The molecule has 1 aliphatic heterocycles. The van der Waals surface area contributed by atoms with Gasteiger partial charge in [-0.3, -0.25) is 9.59 Å². The Morgan fingerprint density at radius 3 is 2.80 bits per heavy atom. The lowest BCUT2D eigenvalue weighted by Gasteiger charge is -2.23. The summed E-state index contributed by atoms with van der Waals surface area (Å²) in [6.45, 7) is 5.60. The Morgan fingerprint density at radius 2 is 2.12 bits per heavy atom. The zero-order chi connectivity index (χ0) is 18.0. The summed E-state index contributed by atoms with van der Waals surface area (Å²) < 4.78 is 3.92. The van der Waals surface area contributed by atoms with Crippen molar-refractivity contribution in [1.82, 2.24) is 9.13 Å². The molecule has 2 aromatic heterocycles. The number of aryl methyl sites for hydroxylation is 2. The first-order valence-corrected chi connectivity index (χ1v) is 9.23. The van der Waals surface area contributed by atoms with Crippen LogP contribution < -0.4 is 0 Å². The summed E-state index contributed by atoms with van der Waals surface area (Å²) in [4.78, 5) is 24.9. The second kappa shape index (κ2) is 7.30. The zero-order valence-corrected chi connectivity index (χ0v) is 15.0. The van der Waals surface area contributed by atoms with Crippen LogP contribution in [0.2, 0.25) is 0 Å². The van der Waals surface area contributed by atoms with Crippen molar-refractivity contribution < 1.29 is 14.7 Å². The van der Waals surface area contributed by atoms with Gasteiger partial charge in [0.05, 0.1) is 17.3 Å². The van der Waals surface area contributed by atoms with Crippen LogP contribution in [-0.2, 0) is 24.3 Å². The van der Waals surface area contributed by atoms with Gasteiger partial charge >= 0.3 is 5.97 Å². The quantitative estimate of drug-likeness (QED) is 0.778. The van der Waals surface area contributed by atoms with Crippen LogP contribution in [0.25, 0.3) is 0 Å². The minimum absolute atomic E-state index is 0.00948. The average molecular weight is 342 g/mol. The molecule has 1 N–H and O–H groups in total. The predicted molar refractivity (Wildman–Crippen MR) is 96.2 cm³/mol. The van der Waals surface area contributed by atoms with Crippen molar-refractivity contribution in [3.63, 3.8) is 0 Å². The van der Waals surface area contributed by atoms with Crippen molar-refractivity contribution in [3.8, 4) is 0 Å². The zero-order valence-electron chi connectivity index (χ0n) is 15.0. The van der Waals surface area contributed by atoms with Crippen molar-refractivity contribution in [2.45, 2.75) is 65.0 Å². The van der Waals surface area contributed by atoms with Crippen molar-refractivity contribution >= 4 is 11.8 Å². The molecule has 1 unspecified atom stereocenters. The molecule has 0 bridgehead atoms. The largest absolute Gasteiger partial charge is 0.481 e. The van der Waals surface area contributed by atoms with Gasteiger partial charge in [-0.25, -0.2) is 0 Å². The van der Waals surface area contributed by atoms with Crippen LogP contribution >= 0.6 is 0 Å². The minimum atomic E-state index is -0.795. The molecule has 0 amide bonds. The molecule has 0 saturated carbocycles. The molecule has 1 atom stereocenters. The van der Waals surface area contributed by atoms with Gasteiger partial charge in [0.1, 0.15) is 0 Å². The molecule has 25 heavy (non-hydrogen) atoms. The molecule has 5 nitrogen and oxygen atoms in total. The lowest BCUT2D eigenvalue weighted by molar-refractivity contribution is -0.139. The Balaban J connectivity index is 2.10. The van der Waals surface area contributed by atoms with E-state index in [2.05, 4.69) is 6.92 Å². The first kappa shape index (κ1) is 17.5. The smallest absolute Gasteiger partial charge is 0.312 e. The molecule has 3 heterocycles. The summed E-state index contributed by atoms with van der Waals surface area (Å²) in [5.74, 6) is -1.29. The number of carboxylic acids is 1. The third-order valence-electron chi connectivity index (χ3n) is 5.16. The molecule has 0 saturated heterocycles. The highest BCUT2D eigenvalue weighted by Crippen LogP contribution is 2.33. The lowest BCUT2D eigenvalue weighted by Crippen LogP contribution is -2.24. The van der Waals surface area contributed by atoms with Crippen LogP contribution in [0.4, 0.5) is 0 Å². The fourth-order valence-corrected chi connectivity index (χ4v) is 3.85. The topological polar surface area (TPSA) is 64.2 Å². The second-order valence-electron chi connectivity index (χ2n) is 6.74. The predicted octanol–water partition coefficient (Wildman–Crippen LogP) is 3.85. The van der Waals surface area contributed by atoms with E-state index in [9.17, 15) is 14.7 Å². The Morgan fingerprint density at radius 1 is 1.32 bits per heavy atom. The normalized spacial score (nSPS) is 16.6. The molecule has 2 aromatic rings. The molecule has 1 aliphatic rings. The summed E-state index contributed by atoms with van der Waals surface area (Å²) in [5, 5.41) is 9.56. The number of hydrogen-bond acceptors (Lipinski definition) is 2. The number of ketones is 1. The Hall–Kier alpha value is -2.30. The van der Waals surface area contributed by atoms with Crippen LogP contribution in [0, 0.1) is 0 Å². The van der Waals surface area contributed by atoms with E-state index in [4.69, 9.17) is 0 Å². The van der Waals surface area contributed by atoms with Gasteiger partial charge in [-0.05, 0) is 56.4 Å². The van der Waals surface area contributed by atoms with E-state index < -0.39 is 11.9 Å². The van der Waals surface area contributed by atoms with E-state index in [-0.39, 0.29) is 5.78 Å². The SMILES string of the molecule is CCCCc1cc2n(c1C(=O)c1cccn1CC)CCCC2C(=O)O. The van der Waals surface area contributed by atoms with E-state index in [1.165, 1.54) is 0 Å². The Kier molecular flexibility index (Phi) is 5.11. The van der Waals surface area contributed by atoms with Gasteiger partial charge in [-0.1, -0.05) is 13.3 Å². The van der Waals surface area contributed by atoms with Gasteiger partial charge < -0.3 is 14.2 Å². The Bertz CT molecular complexity index is 785. The third-order valence-corrected chi connectivity index (χ3v) is 5.16. The molecular formula is C20H26N2O3. The maximum atomic E-state index is 13.3. The molecule has 5 heteroatoms. The van der Waals surface area contributed by atoms with Crippen molar-refractivity contribution in [2.75, 3.05) is 0 Å². The number of aliphatic carboxylic acids is 1. The molecule has 3 rings (SSSR count). The highest BCUT2D eigenvalue weighted by atomic mass is 16.4.